The van der Waals surface area contributed by atoms with E-state index in [-0.39, 0.29) is 0 Å². The summed E-state index contributed by atoms with van der Waals surface area (Å²) in [4.78, 5) is 14.1. The van der Waals surface area contributed by atoms with Crippen LogP contribution in [0, 0.1) is 6.92 Å². The molecule has 1 rings (SSSR count). The van der Waals surface area contributed by atoms with Gasteiger partial charge in [0.05, 0.1) is 12.6 Å². The largest absolute Gasteiger partial charge is 0.496 e. The summed E-state index contributed by atoms with van der Waals surface area (Å²) < 4.78 is 5.22. The van der Waals surface area contributed by atoms with Crippen molar-refractivity contribution in [2.45, 2.75) is 26.3 Å². The molecule has 0 heterocycles. The fraction of sp³-hybridized carbons (Fsp3) is 0.417. The van der Waals surface area contributed by atoms with Crippen LogP contribution in [0.1, 0.15) is 25.0 Å². The normalized spacial score (nSPS) is 10.7. The quantitative estimate of drug-likeness (QED) is 0.562. The first-order valence-corrected chi connectivity index (χ1v) is 4.75. The van der Waals surface area contributed by atoms with Gasteiger partial charge in [-0.25, -0.2) is 4.79 Å². The molecule has 0 N–H and O–H groups in total. The number of rotatable bonds is 3. The minimum Gasteiger partial charge on any atom is -0.496 e. The maximum absolute atomic E-state index is 10.3. The van der Waals surface area contributed by atoms with Crippen molar-refractivity contribution in [3.63, 3.8) is 0 Å². The third-order valence-electron chi connectivity index (χ3n) is 2.44. The molecule has 0 radical (unpaired) electrons. The number of hydrogen-bond donors (Lipinski definition) is 0. The van der Waals surface area contributed by atoms with Crippen molar-refractivity contribution in [3.05, 3.63) is 29.3 Å². The van der Waals surface area contributed by atoms with Crippen molar-refractivity contribution in [2.75, 3.05) is 7.11 Å². The Hall–Kier alpha value is -1.60. The van der Waals surface area contributed by atoms with E-state index in [9.17, 15) is 4.79 Å². The molecule has 0 spiro atoms. The molecule has 0 saturated carbocycles. The number of benzene rings is 1. The number of hydrogen-bond acceptors (Lipinski definition) is 3. The van der Waals surface area contributed by atoms with E-state index in [1.165, 1.54) is 0 Å². The maximum Gasteiger partial charge on any atom is 0.235 e. The van der Waals surface area contributed by atoms with Gasteiger partial charge in [0, 0.05) is 0 Å². The second-order valence-electron chi connectivity index (χ2n) is 3.95. The Morgan fingerprint density at radius 2 is 2.07 bits per heavy atom. The number of aryl methyl sites for hydroxylation is 1. The summed E-state index contributed by atoms with van der Waals surface area (Å²) >= 11 is 0. The van der Waals surface area contributed by atoms with Crippen LogP contribution in [0.3, 0.4) is 0 Å². The van der Waals surface area contributed by atoms with Crippen LogP contribution in [0.4, 0.5) is 0 Å². The van der Waals surface area contributed by atoms with Crippen LogP contribution >= 0.6 is 0 Å². The molecule has 0 atom stereocenters. The summed E-state index contributed by atoms with van der Waals surface area (Å²) in [5.74, 6) is 0.807. The van der Waals surface area contributed by atoms with Crippen LogP contribution in [0.15, 0.2) is 23.2 Å². The first-order valence-electron chi connectivity index (χ1n) is 4.75. The number of methoxy groups -OCH3 is 1. The lowest BCUT2D eigenvalue weighted by Gasteiger charge is -2.19. The lowest BCUT2D eigenvalue weighted by molar-refractivity contribution is 0.409. The minimum atomic E-state index is -0.553. The SMILES string of the molecule is COc1cc(C(C)(C)N=C=O)ccc1C. The maximum atomic E-state index is 10.3. The molecule has 0 fully saturated rings. The Bertz CT molecular complexity index is 404. The highest BCUT2D eigenvalue weighted by molar-refractivity contribution is 5.42. The Labute approximate surface area is 89.8 Å². The van der Waals surface area contributed by atoms with Gasteiger partial charge in [-0.3, -0.25) is 0 Å². The Morgan fingerprint density at radius 3 is 2.60 bits per heavy atom. The van der Waals surface area contributed by atoms with Gasteiger partial charge in [-0.15, -0.1) is 0 Å². The predicted octanol–water partition coefficient (Wildman–Crippen LogP) is 2.57. The van der Waals surface area contributed by atoms with Crippen LogP contribution in [0.25, 0.3) is 0 Å². The molecule has 3 heteroatoms. The third kappa shape index (κ3) is 2.45. The highest BCUT2D eigenvalue weighted by atomic mass is 16.5. The molecule has 15 heavy (non-hydrogen) atoms. The molecular formula is C12H15NO2. The molecule has 0 aliphatic heterocycles. The van der Waals surface area contributed by atoms with E-state index in [1.807, 2.05) is 39.0 Å². The molecule has 0 aromatic heterocycles. The minimum absolute atomic E-state index is 0.553. The van der Waals surface area contributed by atoms with E-state index >= 15 is 0 Å². The van der Waals surface area contributed by atoms with Gasteiger partial charge in [0.2, 0.25) is 6.08 Å². The van der Waals surface area contributed by atoms with E-state index < -0.39 is 5.54 Å². The molecule has 0 saturated heterocycles. The van der Waals surface area contributed by atoms with Gasteiger partial charge in [0.15, 0.2) is 0 Å². The molecule has 0 aliphatic rings. The van der Waals surface area contributed by atoms with Crippen LogP contribution in [-0.4, -0.2) is 13.2 Å². The second-order valence-corrected chi connectivity index (χ2v) is 3.95. The molecule has 80 valence electrons. The summed E-state index contributed by atoms with van der Waals surface area (Å²) in [5, 5.41) is 0. The molecular weight excluding hydrogens is 190 g/mol. The lowest BCUT2D eigenvalue weighted by Crippen LogP contribution is -2.13. The van der Waals surface area contributed by atoms with Crippen LogP contribution in [0.2, 0.25) is 0 Å². The fourth-order valence-electron chi connectivity index (χ4n) is 1.38. The highest BCUT2D eigenvalue weighted by Crippen LogP contribution is 2.29. The average molecular weight is 205 g/mol. The summed E-state index contributed by atoms with van der Waals surface area (Å²) in [5.41, 5.74) is 1.45. The zero-order chi connectivity index (χ0) is 11.5. The summed E-state index contributed by atoms with van der Waals surface area (Å²) in [6, 6.07) is 5.80. The van der Waals surface area contributed by atoms with Gasteiger partial charge >= 0.3 is 0 Å². The van der Waals surface area contributed by atoms with Crippen molar-refractivity contribution in [1.29, 1.82) is 0 Å². The fourth-order valence-corrected chi connectivity index (χ4v) is 1.38. The number of aliphatic imine (C=N–C) groups is 1. The first-order chi connectivity index (χ1) is 7.01. The van der Waals surface area contributed by atoms with Crippen molar-refractivity contribution in [2.24, 2.45) is 4.99 Å². The van der Waals surface area contributed by atoms with Gasteiger partial charge in [0.1, 0.15) is 5.75 Å². The Morgan fingerprint density at radius 1 is 1.40 bits per heavy atom. The zero-order valence-corrected chi connectivity index (χ0v) is 9.50. The van der Waals surface area contributed by atoms with E-state index in [2.05, 4.69) is 4.99 Å². The molecule has 0 unspecified atom stereocenters. The van der Waals surface area contributed by atoms with Gasteiger partial charge in [-0.05, 0) is 38.0 Å². The first kappa shape index (κ1) is 11.5. The molecule has 0 amide bonds. The number of nitrogens with zero attached hydrogens (tertiary/aromatic N) is 1. The van der Waals surface area contributed by atoms with E-state index in [0.29, 0.717) is 0 Å². The molecule has 3 nitrogen and oxygen atoms in total. The topological polar surface area (TPSA) is 38.7 Å². The Kier molecular flexibility index (Phi) is 3.28. The van der Waals surface area contributed by atoms with Crippen LogP contribution < -0.4 is 4.74 Å². The molecule has 0 aliphatic carbocycles. The van der Waals surface area contributed by atoms with Crippen molar-refractivity contribution in [3.8, 4) is 5.75 Å². The van der Waals surface area contributed by atoms with Crippen molar-refractivity contribution < 1.29 is 9.53 Å². The highest BCUT2D eigenvalue weighted by Gasteiger charge is 2.20. The van der Waals surface area contributed by atoms with Gasteiger partial charge in [0.25, 0.3) is 0 Å². The lowest BCUT2D eigenvalue weighted by atomic mass is 9.94. The van der Waals surface area contributed by atoms with Crippen LogP contribution in [-0.2, 0) is 10.3 Å². The summed E-state index contributed by atoms with van der Waals surface area (Å²) in [7, 11) is 1.63. The summed E-state index contributed by atoms with van der Waals surface area (Å²) in [6.45, 7) is 5.70. The van der Waals surface area contributed by atoms with E-state index in [4.69, 9.17) is 4.74 Å². The van der Waals surface area contributed by atoms with Crippen molar-refractivity contribution in [1.82, 2.24) is 0 Å². The summed E-state index contributed by atoms with van der Waals surface area (Å²) in [6.07, 6.45) is 1.59. The van der Waals surface area contributed by atoms with Gasteiger partial charge < -0.3 is 4.74 Å². The van der Waals surface area contributed by atoms with Gasteiger partial charge in [-0.1, -0.05) is 12.1 Å². The molecule has 1 aromatic carbocycles. The predicted molar refractivity (Wildman–Crippen MR) is 58.9 cm³/mol. The van der Waals surface area contributed by atoms with Crippen LogP contribution in [0.5, 0.6) is 5.75 Å². The average Bonchev–Trinajstić information content (AvgIpc) is 2.18. The zero-order valence-electron chi connectivity index (χ0n) is 9.50. The van der Waals surface area contributed by atoms with E-state index in [0.717, 1.165) is 16.9 Å². The Balaban J connectivity index is 3.21. The third-order valence-corrected chi connectivity index (χ3v) is 2.44. The standard InChI is InChI=1S/C12H15NO2/c1-9-5-6-10(7-11(9)15-4)12(2,3)13-8-14/h5-7H,1-4H3. The van der Waals surface area contributed by atoms with Crippen molar-refractivity contribution >= 4 is 6.08 Å². The number of ether oxygens (including phenoxy) is 1. The number of carbonyl (C=O) groups excluding carboxylic acids is 1. The smallest absolute Gasteiger partial charge is 0.235 e. The second kappa shape index (κ2) is 4.28. The van der Waals surface area contributed by atoms with E-state index in [1.54, 1.807) is 13.2 Å². The molecule has 0 bridgehead atoms. The molecule has 1 aromatic rings. The number of isocyanates is 1. The van der Waals surface area contributed by atoms with Gasteiger partial charge in [-0.2, -0.15) is 4.99 Å². The monoisotopic (exact) mass is 205 g/mol.